The molecule has 0 unspecified atom stereocenters. The molecule has 1 aromatic heterocycles. The van der Waals surface area contributed by atoms with E-state index < -0.39 is 12.0 Å². The molecule has 30 heavy (non-hydrogen) atoms. The molecule has 1 atom stereocenters. The number of para-hydroxylation sites is 1. The van der Waals surface area contributed by atoms with E-state index in [1.165, 1.54) is 6.21 Å². The van der Waals surface area contributed by atoms with Gasteiger partial charge in [0.1, 0.15) is 5.69 Å². The number of nitrogens with zero attached hydrogens (tertiary/aromatic N) is 3. The number of aliphatic hydroxyl groups excluding tert-OH is 1. The molecule has 6 heteroatoms. The number of rotatable bonds is 6. The molecule has 0 aliphatic carbocycles. The third-order valence-corrected chi connectivity index (χ3v) is 4.55. The molecule has 0 saturated carbocycles. The number of aliphatic hydroxyl groups is 1. The van der Waals surface area contributed by atoms with Crippen LogP contribution >= 0.6 is 0 Å². The zero-order valence-electron chi connectivity index (χ0n) is 16.1. The van der Waals surface area contributed by atoms with Crippen LogP contribution in [0.1, 0.15) is 17.2 Å². The third kappa shape index (κ3) is 4.34. The van der Waals surface area contributed by atoms with Crippen LogP contribution < -0.4 is 5.43 Å². The van der Waals surface area contributed by atoms with Crippen LogP contribution in [0.5, 0.6) is 0 Å². The van der Waals surface area contributed by atoms with E-state index in [-0.39, 0.29) is 0 Å². The molecule has 1 amide bonds. The fraction of sp³-hybridized carbons (Fsp3) is 0.0417. The first-order valence-corrected chi connectivity index (χ1v) is 9.49. The number of hydrazone groups is 1. The van der Waals surface area contributed by atoms with Crippen LogP contribution in [0.15, 0.2) is 102 Å². The quantitative estimate of drug-likeness (QED) is 0.385. The lowest BCUT2D eigenvalue weighted by Gasteiger charge is -2.08. The van der Waals surface area contributed by atoms with E-state index in [2.05, 4.69) is 10.5 Å². The summed E-state index contributed by atoms with van der Waals surface area (Å²) in [5.74, 6) is -0.603. The molecule has 0 fully saturated rings. The predicted octanol–water partition coefficient (Wildman–Crippen LogP) is 3.72. The first-order chi connectivity index (χ1) is 14.7. The van der Waals surface area contributed by atoms with Crippen LogP contribution in [0.4, 0.5) is 0 Å². The Kier molecular flexibility index (Phi) is 5.78. The van der Waals surface area contributed by atoms with Crippen LogP contribution in [0.25, 0.3) is 16.9 Å². The van der Waals surface area contributed by atoms with Gasteiger partial charge in [-0.3, -0.25) is 4.79 Å². The Hall–Kier alpha value is -4.03. The predicted molar refractivity (Wildman–Crippen MR) is 116 cm³/mol. The van der Waals surface area contributed by atoms with E-state index in [1.807, 2.05) is 72.9 Å². The Labute approximate surface area is 174 Å². The molecule has 3 aromatic carbocycles. The van der Waals surface area contributed by atoms with Gasteiger partial charge in [-0.15, -0.1) is 0 Å². The van der Waals surface area contributed by atoms with E-state index in [0.717, 1.165) is 22.5 Å². The average molecular weight is 396 g/mol. The van der Waals surface area contributed by atoms with Gasteiger partial charge in [-0.2, -0.15) is 10.2 Å². The monoisotopic (exact) mass is 396 g/mol. The zero-order chi connectivity index (χ0) is 20.8. The zero-order valence-corrected chi connectivity index (χ0v) is 16.1. The Balaban J connectivity index is 1.58. The van der Waals surface area contributed by atoms with Crippen molar-refractivity contribution in [2.75, 3.05) is 0 Å². The molecule has 0 aliphatic heterocycles. The van der Waals surface area contributed by atoms with Gasteiger partial charge in [-0.05, 0) is 17.7 Å². The highest BCUT2D eigenvalue weighted by molar-refractivity contribution is 5.90. The Morgan fingerprint density at radius 2 is 1.53 bits per heavy atom. The maximum absolute atomic E-state index is 12.2. The minimum atomic E-state index is -1.29. The number of hydrogen-bond donors (Lipinski definition) is 2. The number of carbonyl (C=O) groups is 1. The van der Waals surface area contributed by atoms with Gasteiger partial charge in [0.15, 0.2) is 6.10 Å². The van der Waals surface area contributed by atoms with Crippen molar-refractivity contribution in [2.45, 2.75) is 6.10 Å². The van der Waals surface area contributed by atoms with Gasteiger partial charge in [0, 0.05) is 17.3 Å². The number of nitrogens with one attached hydrogen (secondary N) is 1. The van der Waals surface area contributed by atoms with Crippen LogP contribution in [0.3, 0.4) is 0 Å². The molecule has 0 bridgehead atoms. The highest BCUT2D eigenvalue weighted by atomic mass is 16.3. The number of carbonyl (C=O) groups excluding carboxylic acids is 1. The summed E-state index contributed by atoms with van der Waals surface area (Å²) >= 11 is 0. The van der Waals surface area contributed by atoms with E-state index in [0.29, 0.717) is 5.56 Å². The molecule has 1 heterocycles. The molecule has 0 saturated heterocycles. The lowest BCUT2D eigenvalue weighted by atomic mass is 10.1. The van der Waals surface area contributed by atoms with E-state index in [9.17, 15) is 9.90 Å². The van der Waals surface area contributed by atoms with E-state index in [4.69, 9.17) is 5.10 Å². The largest absolute Gasteiger partial charge is 0.378 e. The molecular weight excluding hydrogens is 376 g/mol. The number of benzene rings is 3. The minimum absolute atomic E-state index is 0.507. The van der Waals surface area contributed by atoms with Gasteiger partial charge in [-0.1, -0.05) is 78.9 Å². The summed E-state index contributed by atoms with van der Waals surface area (Å²) in [6, 6.07) is 28.2. The van der Waals surface area contributed by atoms with Gasteiger partial charge in [0.25, 0.3) is 5.91 Å². The fourth-order valence-corrected chi connectivity index (χ4v) is 3.03. The normalized spacial score (nSPS) is 12.0. The summed E-state index contributed by atoms with van der Waals surface area (Å²) in [6.45, 7) is 0. The molecule has 0 spiro atoms. The summed E-state index contributed by atoms with van der Waals surface area (Å²) in [5.41, 5.74) is 6.23. The Morgan fingerprint density at radius 1 is 0.933 bits per heavy atom. The molecular formula is C24H20N4O2. The SMILES string of the molecule is O=C(N/N=C\c1cn(-c2ccccc2)nc1-c1ccccc1)[C@H](O)c1ccccc1. The van der Waals surface area contributed by atoms with Crippen molar-refractivity contribution in [2.24, 2.45) is 5.10 Å². The maximum atomic E-state index is 12.2. The number of aromatic nitrogens is 2. The third-order valence-electron chi connectivity index (χ3n) is 4.55. The fourth-order valence-electron chi connectivity index (χ4n) is 3.03. The highest BCUT2D eigenvalue weighted by Gasteiger charge is 2.16. The van der Waals surface area contributed by atoms with Crippen LogP contribution in [-0.2, 0) is 4.79 Å². The molecule has 4 rings (SSSR count). The standard InChI is InChI=1S/C24H20N4O2/c29-23(19-12-6-2-7-13-19)24(30)26-25-16-20-17-28(21-14-8-3-9-15-21)27-22(20)18-10-4-1-5-11-18/h1-17,23,29H,(H,26,30)/b25-16-/t23-/m1/s1. The van der Waals surface area contributed by atoms with Gasteiger partial charge in [0.2, 0.25) is 0 Å². The molecule has 148 valence electrons. The molecule has 0 radical (unpaired) electrons. The summed E-state index contributed by atoms with van der Waals surface area (Å²) in [7, 11) is 0. The first-order valence-electron chi connectivity index (χ1n) is 9.49. The lowest BCUT2D eigenvalue weighted by Crippen LogP contribution is -2.25. The minimum Gasteiger partial charge on any atom is -0.378 e. The average Bonchev–Trinajstić information content (AvgIpc) is 3.24. The smallest absolute Gasteiger partial charge is 0.273 e. The number of amides is 1. The number of hydrogen-bond acceptors (Lipinski definition) is 4. The van der Waals surface area contributed by atoms with Gasteiger partial charge in [0.05, 0.1) is 11.9 Å². The van der Waals surface area contributed by atoms with Crippen molar-refractivity contribution in [3.8, 4) is 16.9 Å². The Bertz CT molecular complexity index is 1140. The summed E-state index contributed by atoms with van der Waals surface area (Å²) < 4.78 is 1.77. The van der Waals surface area contributed by atoms with Gasteiger partial charge in [-0.25, -0.2) is 10.1 Å². The van der Waals surface area contributed by atoms with Crippen molar-refractivity contribution in [1.29, 1.82) is 0 Å². The summed E-state index contributed by atoms with van der Waals surface area (Å²) in [4.78, 5) is 12.2. The topological polar surface area (TPSA) is 79.5 Å². The van der Waals surface area contributed by atoms with E-state index >= 15 is 0 Å². The molecule has 4 aromatic rings. The Morgan fingerprint density at radius 3 is 2.20 bits per heavy atom. The van der Waals surface area contributed by atoms with Gasteiger partial charge < -0.3 is 5.11 Å². The molecule has 0 aliphatic rings. The van der Waals surface area contributed by atoms with Crippen molar-refractivity contribution in [3.05, 3.63) is 108 Å². The lowest BCUT2D eigenvalue weighted by molar-refractivity contribution is -0.129. The van der Waals surface area contributed by atoms with Gasteiger partial charge >= 0.3 is 0 Å². The second-order valence-electron chi connectivity index (χ2n) is 6.63. The first kappa shape index (κ1) is 19.3. The van der Waals surface area contributed by atoms with Crippen LogP contribution in [-0.4, -0.2) is 27.0 Å². The van der Waals surface area contributed by atoms with E-state index in [1.54, 1.807) is 28.9 Å². The molecule has 2 N–H and O–H groups in total. The second kappa shape index (κ2) is 8.98. The summed E-state index contributed by atoms with van der Waals surface area (Å²) in [6.07, 6.45) is 2.09. The van der Waals surface area contributed by atoms with Crippen molar-refractivity contribution in [3.63, 3.8) is 0 Å². The maximum Gasteiger partial charge on any atom is 0.273 e. The van der Waals surface area contributed by atoms with Crippen molar-refractivity contribution in [1.82, 2.24) is 15.2 Å². The second-order valence-corrected chi connectivity index (χ2v) is 6.63. The van der Waals surface area contributed by atoms with Crippen LogP contribution in [0, 0.1) is 0 Å². The summed E-state index contributed by atoms with van der Waals surface area (Å²) in [5, 5.41) is 18.9. The highest BCUT2D eigenvalue weighted by Crippen LogP contribution is 2.22. The van der Waals surface area contributed by atoms with Crippen molar-refractivity contribution >= 4 is 12.1 Å². The van der Waals surface area contributed by atoms with Crippen LogP contribution in [0.2, 0.25) is 0 Å². The molecule has 6 nitrogen and oxygen atoms in total. The van der Waals surface area contributed by atoms with Crippen molar-refractivity contribution < 1.29 is 9.90 Å².